The molecule has 92 valence electrons. The number of nitrogens with zero attached hydrogens (tertiary/aromatic N) is 2. The van der Waals surface area contributed by atoms with Crippen molar-refractivity contribution in [2.75, 3.05) is 25.1 Å². The van der Waals surface area contributed by atoms with Crippen molar-refractivity contribution in [1.82, 2.24) is 9.55 Å². The summed E-state index contributed by atoms with van der Waals surface area (Å²) in [5.41, 5.74) is 1.06. The largest absolute Gasteiger partial charge is 0.381 e. The van der Waals surface area contributed by atoms with Crippen molar-refractivity contribution < 1.29 is 4.74 Å². The molecule has 0 aromatic carbocycles. The molecule has 0 aliphatic rings. The van der Waals surface area contributed by atoms with E-state index in [9.17, 15) is 0 Å². The highest BCUT2D eigenvalue weighted by Gasteiger charge is 2.02. The molecule has 1 aromatic rings. The van der Waals surface area contributed by atoms with Gasteiger partial charge in [-0.3, -0.25) is 0 Å². The lowest BCUT2D eigenvalue weighted by molar-refractivity contribution is 0.134. The minimum atomic E-state index is 0.826. The zero-order valence-electron chi connectivity index (χ0n) is 10.6. The molecule has 0 atom stereocenters. The van der Waals surface area contributed by atoms with Crippen LogP contribution >= 0.6 is 0 Å². The van der Waals surface area contributed by atoms with Gasteiger partial charge in [-0.05, 0) is 26.7 Å². The molecule has 1 aromatic heterocycles. The van der Waals surface area contributed by atoms with E-state index in [4.69, 9.17) is 4.74 Å². The van der Waals surface area contributed by atoms with E-state index < -0.39 is 0 Å². The van der Waals surface area contributed by atoms with Gasteiger partial charge < -0.3 is 14.6 Å². The number of hydrogen-bond acceptors (Lipinski definition) is 3. The second-order valence-electron chi connectivity index (χ2n) is 3.88. The number of aryl methyl sites for hydroxylation is 2. The Kier molecular flexibility index (Phi) is 5.93. The quantitative estimate of drug-likeness (QED) is 0.691. The Morgan fingerprint density at radius 3 is 2.88 bits per heavy atom. The second-order valence-corrected chi connectivity index (χ2v) is 3.88. The number of aromatic nitrogens is 2. The smallest absolute Gasteiger partial charge is 0.203 e. The third-order valence-corrected chi connectivity index (χ3v) is 2.33. The number of nitrogens with one attached hydrogen (secondary N) is 1. The number of rotatable bonds is 8. The molecular weight excluding hydrogens is 202 g/mol. The van der Waals surface area contributed by atoms with Gasteiger partial charge in [-0.2, -0.15) is 0 Å². The topological polar surface area (TPSA) is 39.1 Å². The third-order valence-electron chi connectivity index (χ3n) is 2.33. The van der Waals surface area contributed by atoms with Crippen molar-refractivity contribution in [1.29, 1.82) is 0 Å². The van der Waals surface area contributed by atoms with Crippen molar-refractivity contribution in [2.24, 2.45) is 0 Å². The molecule has 0 radical (unpaired) electrons. The standard InChI is InChI=1S/C12H23N3O/c1-4-8-16-9-6-7-13-12-14-11(3)10-15(12)5-2/h10H,4-9H2,1-3H3,(H,13,14). The maximum absolute atomic E-state index is 5.42. The highest BCUT2D eigenvalue weighted by atomic mass is 16.5. The molecule has 0 saturated heterocycles. The summed E-state index contributed by atoms with van der Waals surface area (Å²) in [6.45, 7) is 9.82. The Labute approximate surface area is 98.0 Å². The van der Waals surface area contributed by atoms with Crippen molar-refractivity contribution in [2.45, 2.75) is 40.2 Å². The van der Waals surface area contributed by atoms with Crippen LogP contribution in [0.3, 0.4) is 0 Å². The minimum Gasteiger partial charge on any atom is -0.381 e. The van der Waals surface area contributed by atoms with E-state index >= 15 is 0 Å². The lowest BCUT2D eigenvalue weighted by Crippen LogP contribution is -2.10. The molecule has 4 nitrogen and oxygen atoms in total. The maximum Gasteiger partial charge on any atom is 0.203 e. The molecule has 0 bridgehead atoms. The first-order valence-corrected chi connectivity index (χ1v) is 6.13. The summed E-state index contributed by atoms with van der Waals surface area (Å²) >= 11 is 0. The number of anilines is 1. The summed E-state index contributed by atoms with van der Waals surface area (Å²) < 4.78 is 7.54. The molecule has 0 aliphatic carbocycles. The zero-order chi connectivity index (χ0) is 11.8. The molecule has 0 amide bonds. The van der Waals surface area contributed by atoms with Crippen molar-refractivity contribution in [3.63, 3.8) is 0 Å². The van der Waals surface area contributed by atoms with E-state index in [0.29, 0.717) is 0 Å². The molecular formula is C12H23N3O. The Bertz CT molecular complexity index is 296. The fourth-order valence-electron chi connectivity index (χ4n) is 1.55. The molecule has 0 aliphatic heterocycles. The summed E-state index contributed by atoms with van der Waals surface area (Å²) in [6.07, 6.45) is 4.18. The highest BCUT2D eigenvalue weighted by molar-refractivity contribution is 5.28. The summed E-state index contributed by atoms with van der Waals surface area (Å²) in [4.78, 5) is 4.43. The van der Waals surface area contributed by atoms with Crippen LogP contribution in [-0.4, -0.2) is 29.3 Å². The van der Waals surface area contributed by atoms with Crippen molar-refractivity contribution in [3.05, 3.63) is 11.9 Å². The summed E-state index contributed by atoms with van der Waals surface area (Å²) in [5.74, 6) is 0.968. The van der Waals surface area contributed by atoms with Crippen LogP contribution in [0.5, 0.6) is 0 Å². The van der Waals surface area contributed by atoms with Gasteiger partial charge >= 0.3 is 0 Å². The molecule has 0 fully saturated rings. The van der Waals surface area contributed by atoms with Crippen LogP contribution in [0.15, 0.2) is 6.20 Å². The number of hydrogen-bond donors (Lipinski definition) is 1. The molecule has 1 heterocycles. The first kappa shape index (κ1) is 13.0. The van der Waals surface area contributed by atoms with Gasteiger partial charge in [0.05, 0.1) is 5.69 Å². The average molecular weight is 225 g/mol. The lowest BCUT2D eigenvalue weighted by atomic mass is 10.4. The SMILES string of the molecule is CCCOCCCNc1nc(C)cn1CC. The van der Waals surface area contributed by atoms with Crippen LogP contribution in [0.1, 0.15) is 32.4 Å². The van der Waals surface area contributed by atoms with Gasteiger partial charge in [-0.25, -0.2) is 4.98 Å². The second kappa shape index (κ2) is 7.28. The molecule has 16 heavy (non-hydrogen) atoms. The van der Waals surface area contributed by atoms with E-state index in [-0.39, 0.29) is 0 Å². The number of imidazole rings is 1. The van der Waals surface area contributed by atoms with Gasteiger partial charge in [-0.1, -0.05) is 6.92 Å². The van der Waals surface area contributed by atoms with Crippen molar-refractivity contribution in [3.8, 4) is 0 Å². The fourth-order valence-corrected chi connectivity index (χ4v) is 1.55. The van der Waals surface area contributed by atoms with E-state index in [2.05, 4.69) is 34.9 Å². The first-order valence-electron chi connectivity index (χ1n) is 6.13. The van der Waals surface area contributed by atoms with Crippen LogP contribution in [0.4, 0.5) is 5.95 Å². The maximum atomic E-state index is 5.42. The fraction of sp³-hybridized carbons (Fsp3) is 0.750. The van der Waals surface area contributed by atoms with Gasteiger partial charge in [0.25, 0.3) is 0 Å². The van der Waals surface area contributed by atoms with Crippen LogP contribution < -0.4 is 5.32 Å². The molecule has 4 heteroatoms. The van der Waals surface area contributed by atoms with E-state index in [0.717, 1.165) is 50.8 Å². The molecule has 0 spiro atoms. The van der Waals surface area contributed by atoms with E-state index in [1.807, 2.05) is 6.92 Å². The van der Waals surface area contributed by atoms with Gasteiger partial charge in [0.2, 0.25) is 5.95 Å². The summed E-state index contributed by atoms with van der Waals surface area (Å²) in [5, 5.41) is 3.33. The predicted molar refractivity (Wildman–Crippen MR) is 66.9 cm³/mol. The molecule has 0 saturated carbocycles. The number of ether oxygens (including phenoxy) is 1. The van der Waals surface area contributed by atoms with E-state index in [1.54, 1.807) is 0 Å². The van der Waals surface area contributed by atoms with Gasteiger partial charge in [0.1, 0.15) is 0 Å². The summed E-state index contributed by atoms with van der Waals surface area (Å²) in [7, 11) is 0. The van der Waals surface area contributed by atoms with Crippen molar-refractivity contribution >= 4 is 5.95 Å². The van der Waals surface area contributed by atoms with Gasteiger partial charge in [-0.15, -0.1) is 0 Å². The third kappa shape index (κ3) is 4.23. The van der Waals surface area contributed by atoms with E-state index in [1.165, 1.54) is 0 Å². The first-order chi connectivity index (χ1) is 7.77. The zero-order valence-corrected chi connectivity index (χ0v) is 10.6. The molecule has 0 unspecified atom stereocenters. The Morgan fingerprint density at radius 1 is 1.38 bits per heavy atom. The van der Waals surface area contributed by atoms with Crippen LogP contribution in [0.25, 0.3) is 0 Å². The predicted octanol–water partition coefficient (Wildman–Crippen LogP) is 2.44. The Balaban J connectivity index is 2.21. The molecule has 1 rings (SSSR count). The van der Waals surface area contributed by atoms with Gasteiger partial charge in [0.15, 0.2) is 0 Å². The summed E-state index contributed by atoms with van der Waals surface area (Å²) in [6, 6.07) is 0. The Hall–Kier alpha value is -1.03. The highest BCUT2D eigenvalue weighted by Crippen LogP contribution is 2.07. The monoisotopic (exact) mass is 225 g/mol. The van der Waals surface area contributed by atoms with Crippen LogP contribution in [-0.2, 0) is 11.3 Å². The minimum absolute atomic E-state index is 0.826. The normalized spacial score (nSPS) is 10.7. The lowest BCUT2D eigenvalue weighted by Gasteiger charge is -2.07. The molecule has 1 N–H and O–H groups in total. The van der Waals surface area contributed by atoms with Gasteiger partial charge in [0, 0.05) is 32.5 Å². The average Bonchev–Trinajstić information content (AvgIpc) is 2.64. The van der Waals surface area contributed by atoms with Crippen LogP contribution in [0.2, 0.25) is 0 Å². The van der Waals surface area contributed by atoms with Crippen LogP contribution in [0, 0.1) is 6.92 Å². The Morgan fingerprint density at radius 2 is 2.19 bits per heavy atom.